The molecule has 152 valence electrons. The van der Waals surface area contributed by atoms with Gasteiger partial charge in [-0.1, -0.05) is 0 Å². The van der Waals surface area contributed by atoms with E-state index in [0.29, 0.717) is 12.5 Å². The van der Waals surface area contributed by atoms with Crippen LogP contribution < -0.4 is 10.7 Å². The van der Waals surface area contributed by atoms with E-state index in [1.165, 1.54) is 24.0 Å². The van der Waals surface area contributed by atoms with Crippen molar-refractivity contribution in [2.24, 2.45) is 5.92 Å². The van der Waals surface area contributed by atoms with E-state index < -0.39 is 30.3 Å². The van der Waals surface area contributed by atoms with Crippen LogP contribution in [0.15, 0.2) is 12.2 Å². The maximum absolute atomic E-state index is 13.0. The Bertz CT molecular complexity index is 619. The van der Waals surface area contributed by atoms with Crippen LogP contribution in [-0.2, 0) is 9.53 Å². The van der Waals surface area contributed by atoms with Crippen LogP contribution in [0.4, 0.5) is 13.2 Å². The number of nitrogens with zero attached hydrogens (tertiary/aromatic N) is 1. The number of amidine groups is 1. The summed E-state index contributed by atoms with van der Waals surface area (Å²) in [6.07, 6.45) is -0.230. The van der Waals surface area contributed by atoms with Gasteiger partial charge >= 0.3 is 12.1 Å². The van der Waals surface area contributed by atoms with Crippen LogP contribution in [0.1, 0.15) is 32.6 Å². The highest BCUT2D eigenvalue weighted by Crippen LogP contribution is 2.37. The fourth-order valence-corrected chi connectivity index (χ4v) is 2.79. The van der Waals surface area contributed by atoms with Crippen molar-refractivity contribution in [1.29, 1.82) is 5.41 Å². The molecule has 1 aliphatic carbocycles. The van der Waals surface area contributed by atoms with Crippen molar-refractivity contribution in [3.63, 3.8) is 0 Å². The average molecular weight is 391 g/mol. The summed E-state index contributed by atoms with van der Waals surface area (Å²) in [5, 5.41) is 25.5. The lowest BCUT2D eigenvalue weighted by Crippen LogP contribution is -2.61. The third-order valence-corrected chi connectivity index (χ3v) is 4.81. The number of hydrogen-bond acceptors (Lipinski definition) is 5. The Kier molecular flexibility index (Phi) is 6.63. The topological polar surface area (TPSA) is 111 Å². The number of halogens is 3. The highest BCUT2D eigenvalue weighted by Gasteiger charge is 2.56. The van der Waals surface area contributed by atoms with Gasteiger partial charge in [-0.15, -0.1) is 0 Å². The molecule has 0 bridgehead atoms. The van der Waals surface area contributed by atoms with Gasteiger partial charge in [-0.25, -0.2) is 10.1 Å². The lowest BCUT2D eigenvalue weighted by Gasteiger charge is -2.41. The molecule has 0 spiro atoms. The second-order valence-electron chi connectivity index (χ2n) is 7.18. The number of aliphatic hydroxyl groups is 1. The summed E-state index contributed by atoms with van der Waals surface area (Å²) in [5.74, 6) is -0.220. The molecular formula is C17H26F3N4O3+. The number of β-amino-alcohol motifs (C(OH)–C–C–N with tert-alkyl or cyclic N) is 1. The molecule has 2 rings (SSSR count). The van der Waals surface area contributed by atoms with E-state index in [9.17, 15) is 23.1 Å². The van der Waals surface area contributed by atoms with E-state index >= 15 is 0 Å². The standard InChI is InChI=1S/C17H25F3N4O3/c1-11(24-8-2-7-16(26,10-24)17(18,19)20)15(25)23-13(21)5-6-14(22)27-9-12-3-4-12/h5-6,11-12,22,26H,2-4,7-10H2,1H3,(H2,21,23,25)/p+1/b6-5-,22-14?/t11-,16+/m0/s1. The fourth-order valence-electron chi connectivity index (χ4n) is 2.79. The Balaban J connectivity index is 1.83. The van der Waals surface area contributed by atoms with Crippen molar-refractivity contribution in [3.05, 3.63) is 12.2 Å². The first-order valence-corrected chi connectivity index (χ1v) is 8.88. The van der Waals surface area contributed by atoms with Crippen LogP contribution in [0.2, 0.25) is 0 Å². The molecule has 10 heteroatoms. The zero-order valence-electron chi connectivity index (χ0n) is 15.2. The smallest absolute Gasteiger partial charge is 0.418 e. The van der Waals surface area contributed by atoms with Crippen molar-refractivity contribution < 1.29 is 33.2 Å². The Hall–Kier alpha value is -1.94. The van der Waals surface area contributed by atoms with Crippen molar-refractivity contribution in [1.82, 2.24) is 10.2 Å². The number of carbonyl (C=O) groups excluding carboxylic acids is 1. The second-order valence-corrected chi connectivity index (χ2v) is 7.18. The maximum Gasteiger partial charge on any atom is 0.418 e. The number of carbonyl (C=O) groups is 1. The average Bonchev–Trinajstić information content (AvgIpc) is 3.41. The number of piperidine rings is 1. The van der Waals surface area contributed by atoms with Gasteiger partial charge in [0.05, 0.1) is 6.61 Å². The minimum atomic E-state index is -4.75. The molecule has 0 aromatic rings. The SMILES string of the molecule is C[C@@H](C(=O)NC(=[NH2+])/C=C\C(=N)OCC1CC1)N1CCC[C@](O)(C(F)(F)F)C1. The highest BCUT2D eigenvalue weighted by molar-refractivity contribution is 6.04. The van der Waals surface area contributed by atoms with Gasteiger partial charge in [0.2, 0.25) is 5.90 Å². The number of nitrogens with two attached hydrogens (primary N) is 1. The Morgan fingerprint density at radius 3 is 2.74 bits per heavy atom. The molecule has 0 radical (unpaired) electrons. The molecule has 2 atom stereocenters. The minimum absolute atomic E-state index is 0.0466. The first kappa shape index (κ1) is 21.4. The summed E-state index contributed by atoms with van der Waals surface area (Å²) in [5.41, 5.74) is -2.82. The van der Waals surface area contributed by atoms with Crippen LogP contribution in [0, 0.1) is 11.3 Å². The van der Waals surface area contributed by atoms with Gasteiger partial charge in [0.15, 0.2) is 5.60 Å². The molecule has 1 heterocycles. The molecule has 0 aromatic heterocycles. The maximum atomic E-state index is 13.0. The lowest BCUT2D eigenvalue weighted by molar-refractivity contribution is -0.275. The van der Waals surface area contributed by atoms with Crippen LogP contribution in [0.5, 0.6) is 0 Å². The van der Waals surface area contributed by atoms with Crippen LogP contribution in [0.25, 0.3) is 0 Å². The summed E-state index contributed by atoms with van der Waals surface area (Å²) in [7, 11) is 0. The summed E-state index contributed by atoms with van der Waals surface area (Å²) in [6.45, 7) is 1.53. The third-order valence-electron chi connectivity index (χ3n) is 4.81. The van der Waals surface area contributed by atoms with E-state index in [0.717, 1.165) is 12.8 Å². The predicted octanol–water partition coefficient (Wildman–Crippen LogP) is -0.00203. The molecule has 2 aliphatic rings. The molecule has 2 fully saturated rings. The monoisotopic (exact) mass is 391 g/mol. The third kappa shape index (κ3) is 6.03. The van der Waals surface area contributed by atoms with E-state index in [2.05, 4.69) is 5.32 Å². The Morgan fingerprint density at radius 1 is 1.48 bits per heavy atom. The molecule has 27 heavy (non-hydrogen) atoms. The predicted molar refractivity (Wildman–Crippen MR) is 91.9 cm³/mol. The number of rotatable bonds is 6. The normalized spacial score (nSPS) is 25.2. The number of amides is 1. The van der Waals surface area contributed by atoms with Crippen molar-refractivity contribution in [3.8, 4) is 0 Å². The lowest BCUT2D eigenvalue weighted by atomic mass is 9.91. The summed E-state index contributed by atoms with van der Waals surface area (Å²) < 4.78 is 44.3. The number of nitrogens with one attached hydrogen (secondary N) is 2. The minimum Gasteiger partial charge on any atom is -0.478 e. The quantitative estimate of drug-likeness (QED) is 0.377. The summed E-state index contributed by atoms with van der Waals surface area (Å²) in [4.78, 5) is 13.5. The van der Waals surface area contributed by atoms with Gasteiger partial charge in [-0.2, -0.15) is 13.2 Å². The van der Waals surface area contributed by atoms with Crippen LogP contribution >= 0.6 is 0 Å². The van der Waals surface area contributed by atoms with E-state index in [1.54, 1.807) is 0 Å². The molecule has 1 aliphatic heterocycles. The van der Waals surface area contributed by atoms with Crippen molar-refractivity contribution >= 4 is 17.6 Å². The number of ether oxygens (including phenoxy) is 1. The molecule has 5 N–H and O–H groups in total. The molecule has 1 amide bonds. The first-order chi connectivity index (χ1) is 12.5. The molecule has 1 saturated heterocycles. The Labute approximate surface area is 155 Å². The number of likely N-dealkylation sites (tertiary alicyclic amines) is 1. The summed E-state index contributed by atoms with van der Waals surface area (Å²) in [6, 6.07) is -0.906. The largest absolute Gasteiger partial charge is 0.478 e. The molecule has 7 nitrogen and oxygen atoms in total. The van der Waals surface area contributed by atoms with E-state index in [1.807, 2.05) is 0 Å². The second kappa shape index (κ2) is 8.39. The van der Waals surface area contributed by atoms with Gasteiger partial charge in [-0.05, 0) is 45.1 Å². The van der Waals surface area contributed by atoms with Crippen molar-refractivity contribution in [2.45, 2.75) is 50.4 Å². The van der Waals surface area contributed by atoms with Crippen molar-refractivity contribution in [2.75, 3.05) is 19.7 Å². The number of alkyl halides is 3. The summed E-state index contributed by atoms with van der Waals surface area (Å²) >= 11 is 0. The molecule has 1 saturated carbocycles. The molecule has 0 unspecified atom stereocenters. The zero-order chi connectivity index (χ0) is 20.2. The Morgan fingerprint density at radius 2 is 2.15 bits per heavy atom. The zero-order valence-corrected chi connectivity index (χ0v) is 15.2. The first-order valence-electron chi connectivity index (χ1n) is 8.88. The van der Waals surface area contributed by atoms with E-state index in [4.69, 9.17) is 15.6 Å². The van der Waals surface area contributed by atoms with Gasteiger partial charge < -0.3 is 9.84 Å². The van der Waals surface area contributed by atoms with Gasteiger partial charge in [0, 0.05) is 18.7 Å². The molecular weight excluding hydrogens is 365 g/mol. The van der Waals surface area contributed by atoms with Crippen LogP contribution in [-0.4, -0.2) is 65.2 Å². The van der Waals surface area contributed by atoms with E-state index in [-0.39, 0.29) is 31.1 Å². The fraction of sp³-hybridized carbons (Fsp3) is 0.706. The highest BCUT2D eigenvalue weighted by atomic mass is 19.4. The number of hydrogen-bond donors (Lipinski definition) is 4. The van der Waals surface area contributed by atoms with Crippen LogP contribution in [0.3, 0.4) is 0 Å². The van der Waals surface area contributed by atoms with Gasteiger partial charge in [-0.3, -0.25) is 15.7 Å². The molecule has 0 aromatic carbocycles. The van der Waals surface area contributed by atoms with Gasteiger partial charge in [0.25, 0.3) is 5.84 Å². The van der Waals surface area contributed by atoms with Gasteiger partial charge in [0.1, 0.15) is 6.04 Å².